The molecule has 0 atom stereocenters. The zero-order valence-corrected chi connectivity index (χ0v) is 18.8. The molecule has 0 saturated carbocycles. The largest absolute Gasteiger partial charge is 0.493 e. The molecular weight excluding hydrogens is 386 g/mol. The van der Waals surface area contributed by atoms with Crippen LogP contribution in [0.25, 0.3) is 0 Å². The number of aromatic nitrogens is 1. The Kier molecular flexibility index (Phi) is 7.33. The second kappa shape index (κ2) is 9.93. The molecule has 2 N–H and O–H groups in total. The normalized spacial score (nSPS) is 14.4. The van der Waals surface area contributed by atoms with Gasteiger partial charge in [-0.15, -0.1) is 11.3 Å². The van der Waals surface area contributed by atoms with Crippen LogP contribution in [0, 0.1) is 13.8 Å². The summed E-state index contributed by atoms with van der Waals surface area (Å²) in [7, 11) is 5.16. The Balaban J connectivity index is 1.48. The number of benzene rings is 1. The van der Waals surface area contributed by atoms with Gasteiger partial charge in [-0.05, 0) is 43.5 Å². The summed E-state index contributed by atoms with van der Waals surface area (Å²) >= 11 is 1.73. The molecule has 0 bridgehead atoms. The molecule has 3 rings (SSSR count). The van der Waals surface area contributed by atoms with Crippen LogP contribution in [0.1, 0.15) is 26.7 Å². The van der Waals surface area contributed by atoms with Crippen LogP contribution >= 0.6 is 11.3 Å². The predicted octanol–water partition coefficient (Wildman–Crippen LogP) is 2.50. The van der Waals surface area contributed by atoms with E-state index in [9.17, 15) is 0 Å². The highest BCUT2D eigenvalue weighted by atomic mass is 32.1. The number of thiazole rings is 1. The molecule has 2 aromatic rings. The van der Waals surface area contributed by atoms with Gasteiger partial charge < -0.3 is 20.1 Å². The van der Waals surface area contributed by atoms with Crippen molar-refractivity contribution >= 4 is 17.3 Å². The first-order valence-corrected chi connectivity index (χ1v) is 10.7. The van der Waals surface area contributed by atoms with E-state index in [0.29, 0.717) is 6.54 Å². The standard InChI is InChI=1S/C21H31N5O2S/c1-14-15(2)29-20(25-14)12-24-21(22-3)23-7-9-26-8-6-16-10-18(27-4)19(28-5)11-17(16)13-26/h10-11H,6-9,12-13H2,1-5H3,(H2,22,23,24). The highest BCUT2D eigenvalue weighted by molar-refractivity contribution is 7.11. The van der Waals surface area contributed by atoms with Crippen molar-refractivity contribution in [3.05, 3.63) is 38.8 Å². The number of methoxy groups -OCH3 is 2. The Labute approximate surface area is 177 Å². The van der Waals surface area contributed by atoms with Gasteiger partial charge in [0, 0.05) is 38.1 Å². The van der Waals surface area contributed by atoms with Crippen molar-refractivity contribution in [3.8, 4) is 11.5 Å². The molecule has 1 aromatic heterocycles. The average Bonchev–Trinajstić information content (AvgIpc) is 3.06. The molecular formula is C21H31N5O2S. The number of aliphatic imine (C=N–C) groups is 1. The van der Waals surface area contributed by atoms with E-state index in [-0.39, 0.29) is 0 Å². The van der Waals surface area contributed by atoms with E-state index in [1.165, 1.54) is 16.0 Å². The number of ether oxygens (including phenoxy) is 2. The highest BCUT2D eigenvalue weighted by Gasteiger charge is 2.19. The SMILES string of the molecule is CN=C(NCCN1CCc2cc(OC)c(OC)cc2C1)NCc1nc(C)c(C)s1. The van der Waals surface area contributed by atoms with Crippen molar-refractivity contribution < 1.29 is 9.47 Å². The minimum absolute atomic E-state index is 0.692. The molecule has 0 saturated heterocycles. The fourth-order valence-electron chi connectivity index (χ4n) is 3.46. The Hall–Kier alpha value is -2.32. The third-order valence-corrected chi connectivity index (χ3v) is 6.29. The van der Waals surface area contributed by atoms with Gasteiger partial charge in [-0.3, -0.25) is 9.89 Å². The van der Waals surface area contributed by atoms with Gasteiger partial charge in [-0.1, -0.05) is 0 Å². The Morgan fingerprint density at radius 3 is 2.52 bits per heavy atom. The summed E-state index contributed by atoms with van der Waals surface area (Å²) in [5.41, 5.74) is 3.76. The van der Waals surface area contributed by atoms with Crippen molar-refractivity contribution in [2.75, 3.05) is 40.9 Å². The molecule has 1 aliphatic rings. The van der Waals surface area contributed by atoms with Crippen molar-refractivity contribution in [1.82, 2.24) is 20.5 Å². The van der Waals surface area contributed by atoms with Crippen molar-refractivity contribution in [3.63, 3.8) is 0 Å². The fourth-order valence-corrected chi connectivity index (χ4v) is 4.33. The number of nitrogens with zero attached hydrogens (tertiary/aromatic N) is 3. The number of nitrogens with one attached hydrogen (secondary N) is 2. The summed E-state index contributed by atoms with van der Waals surface area (Å²) in [6.45, 7) is 8.58. The van der Waals surface area contributed by atoms with Gasteiger partial charge in [-0.2, -0.15) is 0 Å². The molecule has 0 spiro atoms. The number of fused-ring (bicyclic) bond motifs is 1. The quantitative estimate of drug-likeness (QED) is 0.533. The number of hydrogen-bond donors (Lipinski definition) is 2. The zero-order chi connectivity index (χ0) is 20.8. The van der Waals surface area contributed by atoms with E-state index < -0.39 is 0 Å². The third-order valence-electron chi connectivity index (χ3n) is 5.22. The summed E-state index contributed by atoms with van der Waals surface area (Å²) in [4.78, 5) is 12.6. The highest BCUT2D eigenvalue weighted by Crippen LogP contribution is 2.33. The third kappa shape index (κ3) is 5.39. The lowest BCUT2D eigenvalue weighted by atomic mass is 9.99. The van der Waals surface area contributed by atoms with Gasteiger partial charge in [0.15, 0.2) is 17.5 Å². The lowest BCUT2D eigenvalue weighted by molar-refractivity contribution is 0.256. The van der Waals surface area contributed by atoms with Gasteiger partial charge in [0.1, 0.15) is 5.01 Å². The van der Waals surface area contributed by atoms with Crippen LogP contribution < -0.4 is 20.1 Å². The first-order chi connectivity index (χ1) is 14.0. The van der Waals surface area contributed by atoms with Gasteiger partial charge >= 0.3 is 0 Å². The Morgan fingerprint density at radius 2 is 1.90 bits per heavy atom. The maximum absolute atomic E-state index is 5.45. The van der Waals surface area contributed by atoms with Crippen LogP contribution in [0.4, 0.5) is 0 Å². The number of aryl methyl sites for hydroxylation is 2. The summed E-state index contributed by atoms with van der Waals surface area (Å²) in [6, 6.07) is 4.21. The summed E-state index contributed by atoms with van der Waals surface area (Å²) in [5.74, 6) is 2.41. The maximum Gasteiger partial charge on any atom is 0.191 e. The van der Waals surface area contributed by atoms with E-state index in [1.807, 2.05) is 6.92 Å². The Morgan fingerprint density at radius 1 is 1.17 bits per heavy atom. The zero-order valence-electron chi connectivity index (χ0n) is 18.0. The van der Waals surface area contributed by atoms with E-state index in [0.717, 1.165) is 60.8 Å². The van der Waals surface area contributed by atoms with E-state index in [4.69, 9.17) is 9.47 Å². The molecule has 0 unspecified atom stereocenters. The lowest BCUT2D eigenvalue weighted by Gasteiger charge is -2.29. The lowest BCUT2D eigenvalue weighted by Crippen LogP contribution is -2.42. The van der Waals surface area contributed by atoms with E-state index >= 15 is 0 Å². The van der Waals surface area contributed by atoms with Crippen molar-refractivity contribution in [2.24, 2.45) is 4.99 Å². The minimum atomic E-state index is 0.692. The van der Waals surface area contributed by atoms with Crippen LogP contribution in [0.2, 0.25) is 0 Å². The van der Waals surface area contributed by atoms with Crippen LogP contribution in [0.5, 0.6) is 11.5 Å². The second-order valence-electron chi connectivity index (χ2n) is 7.10. The van der Waals surface area contributed by atoms with Crippen molar-refractivity contribution in [1.29, 1.82) is 0 Å². The summed E-state index contributed by atoms with van der Waals surface area (Å²) in [6.07, 6.45) is 1.02. The molecule has 29 heavy (non-hydrogen) atoms. The smallest absolute Gasteiger partial charge is 0.191 e. The van der Waals surface area contributed by atoms with Crippen LogP contribution in [-0.4, -0.2) is 56.7 Å². The van der Waals surface area contributed by atoms with Crippen molar-refractivity contribution in [2.45, 2.75) is 33.4 Å². The second-order valence-corrected chi connectivity index (χ2v) is 8.39. The van der Waals surface area contributed by atoms with Gasteiger partial charge in [0.25, 0.3) is 0 Å². The summed E-state index contributed by atoms with van der Waals surface area (Å²) in [5, 5.41) is 7.83. The first kappa shape index (κ1) is 21.4. The molecule has 0 fully saturated rings. The molecule has 7 nitrogen and oxygen atoms in total. The number of rotatable bonds is 7. The topological polar surface area (TPSA) is 71.0 Å². The number of guanidine groups is 1. The first-order valence-electron chi connectivity index (χ1n) is 9.87. The fraction of sp³-hybridized carbons (Fsp3) is 0.524. The monoisotopic (exact) mass is 417 g/mol. The number of hydrogen-bond acceptors (Lipinski definition) is 6. The predicted molar refractivity (Wildman–Crippen MR) is 118 cm³/mol. The minimum Gasteiger partial charge on any atom is -0.493 e. The molecule has 158 valence electrons. The molecule has 0 aliphatic carbocycles. The van der Waals surface area contributed by atoms with Gasteiger partial charge in [0.05, 0.1) is 26.5 Å². The Bertz CT molecular complexity index is 845. The average molecular weight is 418 g/mol. The van der Waals surface area contributed by atoms with Crippen LogP contribution in [0.15, 0.2) is 17.1 Å². The van der Waals surface area contributed by atoms with E-state index in [1.54, 1.807) is 32.6 Å². The van der Waals surface area contributed by atoms with Gasteiger partial charge in [0.2, 0.25) is 0 Å². The molecule has 2 heterocycles. The molecule has 1 aromatic carbocycles. The molecule has 0 radical (unpaired) electrons. The molecule has 1 aliphatic heterocycles. The van der Waals surface area contributed by atoms with Gasteiger partial charge in [-0.25, -0.2) is 4.98 Å². The molecule has 0 amide bonds. The summed E-state index contributed by atoms with van der Waals surface area (Å²) < 4.78 is 10.9. The van der Waals surface area contributed by atoms with Crippen LogP contribution in [-0.2, 0) is 19.5 Å². The molecule has 8 heteroatoms. The van der Waals surface area contributed by atoms with E-state index in [2.05, 4.69) is 44.6 Å². The maximum atomic E-state index is 5.45. The van der Waals surface area contributed by atoms with Crippen LogP contribution in [0.3, 0.4) is 0 Å².